The Balaban J connectivity index is 1.54. The van der Waals surface area contributed by atoms with Gasteiger partial charge in [0.15, 0.2) is 0 Å². The number of carbonyl (C=O) groups excluding carboxylic acids is 1. The monoisotopic (exact) mass is 314 g/mol. The van der Waals surface area contributed by atoms with E-state index < -0.39 is 0 Å². The largest absolute Gasteiger partial charge is 0.356 e. The summed E-state index contributed by atoms with van der Waals surface area (Å²) >= 11 is 0. The van der Waals surface area contributed by atoms with Crippen molar-refractivity contribution >= 4 is 17.3 Å². The fraction of sp³-hybridized carbons (Fsp3) is 0.0952. The van der Waals surface area contributed by atoms with Gasteiger partial charge in [-0.1, -0.05) is 42.5 Å². The summed E-state index contributed by atoms with van der Waals surface area (Å²) in [6.07, 6.45) is 0. The van der Waals surface area contributed by atoms with E-state index in [2.05, 4.69) is 47.8 Å². The third-order valence-corrected chi connectivity index (χ3v) is 4.37. The normalized spacial score (nSPS) is 13.0. The maximum atomic E-state index is 11.9. The third kappa shape index (κ3) is 2.65. The van der Waals surface area contributed by atoms with Crippen molar-refractivity contribution in [3.63, 3.8) is 0 Å². The SMILES string of the molecule is CN1Cc2cc(Nc3ccc(-c4ccccc4)cc3)ccc2C1=O. The maximum Gasteiger partial charge on any atom is 0.254 e. The molecule has 1 heterocycles. The van der Waals surface area contributed by atoms with Crippen LogP contribution in [0.15, 0.2) is 72.8 Å². The highest BCUT2D eigenvalue weighted by Gasteiger charge is 2.24. The molecule has 0 radical (unpaired) electrons. The molecule has 0 aromatic heterocycles. The lowest BCUT2D eigenvalue weighted by Crippen LogP contribution is -2.17. The second-order valence-electron chi connectivity index (χ2n) is 6.10. The number of fused-ring (bicyclic) bond motifs is 1. The van der Waals surface area contributed by atoms with Gasteiger partial charge in [-0.05, 0) is 47.0 Å². The summed E-state index contributed by atoms with van der Waals surface area (Å²) in [5.74, 6) is 0.101. The van der Waals surface area contributed by atoms with E-state index in [9.17, 15) is 4.79 Å². The highest BCUT2D eigenvalue weighted by atomic mass is 16.2. The van der Waals surface area contributed by atoms with Crippen molar-refractivity contribution in [2.75, 3.05) is 12.4 Å². The van der Waals surface area contributed by atoms with Gasteiger partial charge in [0, 0.05) is 30.5 Å². The van der Waals surface area contributed by atoms with Crippen LogP contribution in [0.5, 0.6) is 0 Å². The van der Waals surface area contributed by atoms with Crippen LogP contribution in [-0.2, 0) is 6.54 Å². The molecule has 1 N–H and O–H groups in total. The van der Waals surface area contributed by atoms with Crippen LogP contribution in [0.2, 0.25) is 0 Å². The molecule has 0 bridgehead atoms. The zero-order chi connectivity index (χ0) is 16.5. The van der Waals surface area contributed by atoms with Gasteiger partial charge >= 0.3 is 0 Å². The van der Waals surface area contributed by atoms with Gasteiger partial charge in [-0.3, -0.25) is 4.79 Å². The Hall–Kier alpha value is -3.07. The van der Waals surface area contributed by atoms with Crippen molar-refractivity contribution in [2.24, 2.45) is 0 Å². The summed E-state index contributed by atoms with van der Waals surface area (Å²) in [4.78, 5) is 13.7. The quantitative estimate of drug-likeness (QED) is 0.761. The summed E-state index contributed by atoms with van der Waals surface area (Å²) in [6.45, 7) is 0.677. The molecule has 0 aliphatic carbocycles. The summed E-state index contributed by atoms with van der Waals surface area (Å²) in [6, 6.07) is 24.6. The summed E-state index contributed by atoms with van der Waals surface area (Å²) in [5, 5.41) is 3.41. The van der Waals surface area contributed by atoms with Gasteiger partial charge in [0.1, 0.15) is 0 Å². The van der Waals surface area contributed by atoms with Crippen LogP contribution in [-0.4, -0.2) is 17.9 Å². The molecule has 118 valence electrons. The first-order valence-electron chi connectivity index (χ1n) is 8.01. The molecule has 3 aromatic rings. The fourth-order valence-corrected chi connectivity index (χ4v) is 3.09. The van der Waals surface area contributed by atoms with Gasteiger partial charge in [-0.25, -0.2) is 0 Å². The number of nitrogens with one attached hydrogen (secondary N) is 1. The first-order valence-corrected chi connectivity index (χ1v) is 8.01. The van der Waals surface area contributed by atoms with Gasteiger partial charge in [-0.2, -0.15) is 0 Å². The van der Waals surface area contributed by atoms with E-state index in [1.54, 1.807) is 4.90 Å². The molecule has 0 saturated heterocycles. The van der Waals surface area contributed by atoms with Gasteiger partial charge < -0.3 is 10.2 Å². The molecular weight excluding hydrogens is 296 g/mol. The lowest BCUT2D eigenvalue weighted by atomic mass is 10.1. The molecule has 0 unspecified atom stereocenters. The van der Waals surface area contributed by atoms with E-state index in [0.717, 1.165) is 22.5 Å². The molecule has 0 fully saturated rings. The number of benzene rings is 3. The van der Waals surface area contributed by atoms with Crippen molar-refractivity contribution in [1.29, 1.82) is 0 Å². The number of nitrogens with zero attached hydrogens (tertiary/aromatic N) is 1. The van der Waals surface area contributed by atoms with E-state index in [-0.39, 0.29) is 5.91 Å². The van der Waals surface area contributed by atoms with E-state index in [0.29, 0.717) is 6.54 Å². The van der Waals surface area contributed by atoms with E-state index >= 15 is 0 Å². The minimum atomic E-state index is 0.101. The average molecular weight is 314 g/mol. The van der Waals surface area contributed by atoms with Crippen LogP contribution in [0, 0.1) is 0 Å². The van der Waals surface area contributed by atoms with Crippen LogP contribution in [0.4, 0.5) is 11.4 Å². The fourth-order valence-electron chi connectivity index (χ4n) is 3.09. The number of anilines is 2. The Morgan fingerprint density at radius 3 is 2.25 bits per heavy atom. The number of rotatable bonds is 3. The second kappa shape index (κ2) is 5.85. The number of amides is 1. The number of hydrogen-bond acceptors (Lipinski definition) is 2. The first-order chi connectivity index (χ1) is 11.7. The van der Waals surface area contributed by atoms with Crippen LogP contribution in [0.1, 0.15) is 15.9 Å². The Morgan fingerprint density at radius 2 is 1.50 bits per heavy atom. The van der Waals surface area contributed by atoms with E-state index in [4.69, 9.17) is 0 Å². The lowest BCUT2D eigenvalue weighted by molar-refractivity contribution is 0.0816. The topological polar surface area (TPSA) is 32.3 Å². The molecule has 1 aliphatic rings. The van der Waals surface area contributed by atoms with Gasteiger partial charge in [0.25, 0.3) is 5.91 Å². The molecule has 3 aromatic carbocycles. The molecule has 1 amide bonds. The predicted octanol–water partition coefficient (Wildman–Crippen LogP) is 4.68. The van der Waals surface area contributed by atoms with Gasteiger partial charge in [0.05, 0.1) is 0 Å². The van der Waals surface area contributed by atoms with Gasteiger partial charge in [0.2, 0.25) is 0 Å². The molecular formula is C21H18N2O. The Morgan fingerprint density at radius 1 is 0.833 bits per heavy atom. The Bertz CT molecular complexity index is 885. The molecule has 0 saturated carbocycles. The zero-order valence-electron chi connectivity index (χ0n) is 13.5. The van der Waals surface area contributed by atoms with Crippen LogP contribution >= 0.6 is 0 Å². The van der Waals surface area contributed by atoms with Gasteiger partial charge in [-0.15, -0.1) is 0 Å². The minimum Gasteiger partial charge on any atom is -0.356 e. The molecule has 0 atom stereocenters. The van der Waals surface area contributed by atoms with Crippen LogP contribution in [0.25, 0.3) is 11.1 Å². The van der Waals surface area contributed by atoms with E-state index in [1.807, 2.05) is 37.4 Å². The highest BCUT2D eigenvalue weighted by molar-refractivity contribution is 5.98. The zero-order valence-corrected chi connectivity index (χ0v) is 13.5. The summed E-state index contributed by atoms with van der Waals surface area (Å²) < 4.78 is 0. The predicted molar refractivity (Wildman–Crippen MR) is 97.4 cm³/mol. The van der Waals surface area contributed by atoms with E-state index in [1.165, 1.54) is 11.1 Å². The lowest BCUT2D eigenvalue weighted by Gasteiger charge is -2.09. The Labute approximate surface area is 141 Å². The molecule has 24 heavy (non-hydrogen) atoms. The molecule has 3 heteroatoms. The van der Waals surface area contributed by atoms with Crippen molar-refractivity contribution in [3.8, 4) is 11.1 Å². The van der Waals surface area contributed by atoms with Crippen molar-refractivity contribution in [3.05, 3.63) is 83.9 Å². The smallest absolute Gasteiger partial charge is 0.254 e. The van der Waals surface area contributed by atoms with Crippen LogP contribution < -0.4 is 5.32 Å². The average Bonchev–Trinajstić information content (AvgIpc) is 2.90. The number of hydrogen-bond donors (Lipinski definition) is 1. The first kappa shape index (κ1) is 14.5. The molecule has 0 spiro atoms. The minimum absolute atomic E-state index is 0.101. The molecule has 1 aliphatic heterocycles. The van der Waals surface area contributed by atoms with Crippen molar-refractivity contribution in [2.45, 2.75) is 6.54 Å². The van der Waals surface area contributed by atoms with Crippen molar-refractivity contribution < 1.29 is 4.79 Å². The third-order valence-electron chi connectivity index (χ3n) is 4.37. The standard InChI is InChI=1S/C21H18N2O/c1-23-14-17-13-19(11-12-20(17)21(23)24)22-18-9-7-16(8-10-18)15-5-3-2-4-6-15/h2-13,22H,14H2,1H3. The Kier molecular flexibility index (Phi) is 3.54. The second-order valence-corrected chi connectivity index (χ2v) is 6.10. The van der Waals surface area contributed by atoms with Crippen molar-refractivity contribution in [1.82, 2.24) is 4.90 Å². The maximum absolute atomic E-state index is 11.9. The van der Waals surface area contributed by atoms with Crippen LogP contribution in [0.3, 0.4) is 0 Å². The summed E-state index contributed by atoms with van der Waals surface area (Å²) in [5.41, 5.74) is 6.33. The summed E-state index contributed by atoms with van der Waals surface area (Å²) in [7, 11) is 1.83. The highest BCUT2D eigenvalue weighted by Crippen LogP contribution is 2.27. The molecule has 4 rings (SSSR count). The molecule has 3 nitrogen and oxygen atoms in total. The number of carbonyl (C=O) groups is 1.